The van der Waals surface area contributed by atoms with Crippen LogP contribution >= 0.6 is 0 Å². The van der Waals surface area contributed by atoms with E-state index in [2.05, 4.69) is 15.6 Å². The van der Waals surface area contributed by atoms with Crippen LogP contribution in [-0.2, 0) is 11.3 Å². The fourth-order valence-electron chi connectivity index (χ4n) is 2.20. The van der Waals surface area contributed by atoms with Gasteiger partial charge in [-0.15, -0.1) is 0 Å². The highest BCUT2D eigenvalue weighted by atomic mass is 16.6. The van der Waals surface area contributed by atoms with E-state index < -0.39 is 4.92 Å². The fourth-order valence-corrected chi connectivity index (χ4v) is 2.20. The van der Waals surface area contributed by atoms with Crippen LogP contribution in [0.5, 0.6) is 0 Å². The number of hydrogen-bond donors (Lipinski definition) is 2. The maximum Gasteiger partial charge on any atom is 0.292 e. The molecule has 0 aliphatic heterocycles. The Kier molecular flexibility index (Phi) is 5.67. The van der Waals surface area contributed by atoms with Gasteiger partial charge in [0.05, 0.1) is 11.3 Å². The van der Waals surface area contributed by atoms with Crippen LogP contribution in [0.4, 0.5) is 11.4 Å². The van der Waals surface area contributed by atoms with Crippen LogP contribution < -0.4 is 10.6 Å². The summed E-state index contributed by atoms with van der Waals surface area (Å²) in [6.07, 6.45) is 5.45. The molecule has 1 aromatic carbocycles. The summed E-state index contributed by atoms with van der Waals surface area (Å²) in [6, 6.07) is 6.34. The molecular formula is C15H19N5O3. The van der Waals surface area contributed by atoms with Gasteiger partial charge in [-0.05, 0) is 13.0 Å². The number of nitrogens with zero attached hydrogens (tertiary/aromatic N) is 3. The number of nitro benzene ring substituents is 1. The van der Waals surface area contributed by atoms with Crippen molar-refractivity contribution in [2.75, 3.05) is 11.9 Å². The molecule has 0 aliphatic carbocycles. The molecule has 1 amide bonds. The molecule has 1 unspecified atom stereocenters. The van der Waals surface area contributed by atoms with Crippen molar-refractivity contribution >= 4 is 17.3 Å². The summed E-state index contributed by atoms with van der Waals surface area (Å²) >= 11 is 0. The SMILES string of the molecule is CC(Cn1ccnc1)NC(=O)CCNc1ccccc1[N+](=O)[O-]. The highest BCUT2D eigenvalue weighted by molar-refractivity contribution is 5.77. The van der Waals surface area contributed by atoms with E-state index in [1.165, 1.54) is 6.07 Å². The zero-order chi connectivity index (χ0) is 16.7. The van der Waals surface area contributed by atoms with Crippen LogP contribution in [0.2, 0.25) is 0 Å². The minimum absolute atomic E-state index is 0.00128. The van der Waals surface area contributed by atoms with Crippen molar-refractivity contribution in [2.45, 2.75) is 25.9 Å². The molecule has 0 spiro atoms. The van der Waals surface area contributed by atoms with Crippen molar-refractivity contribution in [1.29, 1.82) is 0 Å². The van der Waals surface area contributed by atoms with Crippen LogP contribution in [0, 0.1) is 10.1 Å². The Morgan fingerprint density at radius 2 is 2.22 bits per heavy atom. The van der Waals surface area contributed by atoms with E-state index in [1.807, 2.05) is 17.7 Å². The maximum atomic E-state index is 11.9. The Bertz CT molecular complexity index is 657. The second kappa shape index (κ2) is 7.92. The van der Waals surface area contributed by atoms with E-state index in [4.69, 9.17) is 0 Å². The van der Waals surface area contributed by atoms with Gasteiger partial charge in [0, 0.05) is 44.0 Å². The smallest absolute Gasteiger partial charge is 0.292 e. The molecular weight excluding hydrogens is 298 g/mol. The number of carbonyl (C=O) groups excluding carboxylic acids is 1. The van der Waals surface area contributed by atoms with Gasteiger partial charge < -0.3 is 15.2 Å². The van der Waals surface area contributed by atoms with E-state index in [1.54, 1.807) is 30.7 Å². The van der Waals surface area contributed by atoms with Crippen LogP contribution in [0.15, 0.2) is 43.0 Å². The maximum absolute atomic E-state index is 11.9. The normalized spacial score (nSPS) is 11.7. The number of carbonyl (C=O) groups is 1. The van der Waals surface area contributed by atoms with Gasteiger partial charge in [-0.25, -0.2) is 4.98 Å². The quantitative estimate of drug-likeness (QED) is 0.571. The van der Waals surface area contributed by atoms with Crippen molar-refractivity contribution in [3.63, 3.8) is 0 Å². The molecule has 23 heavy (non-hydrogen) atoms. The summed E-state index contributed by atoms with van der Waals surface area (Å²) in [4.78, 5) is 26.3. The highest BCUT2D eigenvalue weighted by Gasteiger charge is 2.12. The number of rotatable bonds is 8. The third-order valence-electron chi connectivity index (χ3n) is 3.22. The van der Waals surface area contributed by atoms with Crippen LogP contribution in [0.3, 0.4) is 0 Å². The minimum atomic E-state index is -0.449. The number of nitrogens with one attached hydrogen (secondary N) is 2. The summed E-state index contributed by atoms with van der Waals surface area (Å²) in [5.74, 6) is -0.108. The lowest BCUT2D eigenvalue weighted by molar-refractivity contribution is -0.384. The number of nitro groups is 1. The van der Waals surface area contributed by atoms with Crippen molar-refractivity contribution < 1.29 is 9.72 Å². The molecule has 0 bridgehead atoms. The Morgan fingerprint density at radius 3 is 2.91 bits per heavy atom. The topological polar surface area (TPSA) is 102 Å². The van der Waals surface area contributed by atoms with Gasteiger partial charge in [0.1, 0.15) is 5.69 Å². The Morgan fingerprint density at radius 1 is 1.43 bits per heavy atom. The molecule has 1 aromatic heterocycles. The lowest BCUT2D eigenvalue weighted by Crippen LogP contribution is -2.36. The number of benzene rings is 1. The van der Waals surface area contributed by atoms with Gasteiger partial charge in [-0.1, -0.05) is 12.1 Å². The molecule has 2 N–H and O–H groups in total. The molecule has 0 radical (unpaired) electrons. The van der Waals surface area contributed by atoms with E-state index in [0.29, 0.717) is 18.8 Å². The Labute approximate surface area is 133 Å². The van der Waals surface area contributed by atoms with Gasteiger partial charge in [-0.3, -0.25) is 14.9 Å². The van der Waals surface area contributed by atoms with Gasteiger partial charge in [0.15, 0.2) is 0 Å². The molecule has 8 nitrogen and oxygen atoms in total. The summed E-state index contributed by atoms with van der Waals surface area (Å²) < 4.78 is 1.89. The first-order valence-electron chi connectivity index (χ1n) is 7.28. The van der Waals surface area contributed by atoms with Gasteiger partial charge in [0.25, 0.3) is 5.69 Å². The number of imidazole rings is 1. The molecule has 0 saturated carbocycles. The number of amides is 1. The van der Waals surface area contributed by atoms with E-state index in [-0.39, 0.29) is 24.1 Å². The molecule has 1 heterocycles. The number of anilines is 1. The van der Waals surface area contributed by atoms with Gasteiger partial charge in [-0.2, -0.15) is 0 Å². The molecule has 2 rings (SSSR count). The van der Waals surface area contributed by atoms with Crippen molar-refractivity contribution in [3.8, 4) is 0 Å². The zero-order valence-corrected chi connectivity index (χ0v) is 12.8. The van der Waals surface area contributed by atoms with Crippen LogP contribution in [-0.4, -0.2) is 33.0 Å². The van der Waals surface area contributed by atoms with Crippen molar-refractivity contribution in [3.05, 3.63) is 53.1 Å². The molecule has 1 atom stereocenters. The average molecular weight is 317 g/mol. The summed E-state index contributed by atoms with van der Waals surface area (Å²) in [6.45, 7) is 2.88. The molecule has 0 fully saturated rings. The number of aromatic nitrogens is 2. The lowest BCUT2D eigenvalue weighted by atomic mass is 10.2. The summed E-state index contributed by atoms with van der Waals surface area (Å²) in [5.41, 5.74) is 0.415. The van der Waals surface area contributed by atoms with Crippen molar-refractivity contribution in [2.24, 2.45) is 0 Å². The molecule has 0 aliphatic rings. The summed E-state index contributed by atoms with van der Waals surface area (Å²) in [5, 5.41) is 16.7. The standard InChI is InChI=1S/C15H19N5O3/c1-12(10-19-9-8-16-11-19)18-15(21)6-7-17-13-4-2-3-5-14(13)20(22)23/h2-5,8-9,11-12,17H,6-7,10H2,1H3,(H,18,21). The van der Waals surface area contributed by atoms with E-state index >= 15 is 0 Å². The van der Waals surface area contributed by atoms with Gasteiger partial charge >= 0.3 is 0 Å². The number of para-hydroxylation sites is 2. The average Bonchev–Trinajstić information content (AvgIpc) is 3.00. The first-order valence-corrected chi connectivity index (χ1v) is 7.28. The fraction of sp³-hybridized carbons (Fsp3) is 0.333. The van der Waals surface area contributed by atoms with Crippen LogP contribution in [0.1, 0.15) is 13.3 Å². The first-order chi connectivity index (χ1) is 11.1. The number of hydrogen-bond acceptors (Lipinski definition) is 5. The lowest BCUT2D eigenvalue weighted by Gasteiger charge is -2.14. The minimum Gasteiger partial charge on any atom is -0.379 e. The predicted octanol–water partition coefficient (Wildman–Crippen LogP) is 1.80. The molecule has 0 saturated heterocycles. The largest absolute Gasteiger partial charge is 0.379 e. The summed E-state index contributed by atoms with van der Waals surface area (Å²) in [7, 11) is 0. The predicted molar refractivity (Wildman–Crippen MR) is 86.0 cm³/mol. The molecule has 122 valence electrons. The van der Waals surface area contributed by atoms with E-state index in [0.717, 1.165) is 0 Å². The second-order valence-electron chi connectivity index (χ2n) is 5.18. The Hall–Kier alpha value is -2.90. The first kappa shape index (κ1) is 16.5. The van der Waals surface area contributed by atoms with Crippen molar-refractivity contribution in [1.82, 2.24) is 14.9 Å². The second-order valence-corrected chi connectivity index (χ2v) is 5.18. The third kappa shape index (κ3) is 5.10. The zero-order valence-electron chi connectivity index (χ0n) is 12.8. The molecule has 2 aromatic rings. The van der Waals surface area contributed by atoms with Gasteiger partial charge in [0.2, 0.25) is 5.91 Å². The monoisotopic (exact) mass is 317 g/mol. The Balaban J connectivity index is 1.75. The highest BCUT2D eigenvalue weighted by Crippen LogP contribution is 2.22. The third-order valence-corrected chi connectivity index (χ3v) is 3.22. The van der Waals surface area contributed by atoms with E-state index in [9.17, 15) is 14.9 Å². The molecule has 8 heteroatoms. The van der Waals surface area contributed by atoms with Crippen LogP contribution in [0.25, 0.3) is 0 Å².